The Balaban J connectivity index is 0.000000221. The third-order valence-electron chi connectivity index (χ3n) is 14.7. The average Bonchev–Trinajstić information content (AvgIpc) is 4.05. The van der Waals surface area contributed by atoms with Gasteiger partial charge in [0.25, 0.3) is 0 Å². The fraction of sp³-hybridized carbons (Fsp3) is 0.451. The minimum Gasteiger partial charge on any atom is -0.394 e. The molecule has 1 aliphatic heterocycles. The summed E-state index contributed by atoms with van der Waals surface area (Å²) in [4.78, 5) is 24.4. The molecule has 0 bridgehead atoms. The number of aliphatic hydroxyl groups excluding tert-OH is 2. The van der Waals surface area contributed by atoms with E-state index in [9.17, 15) is 72.5 Å². The second-order valence-corrected chi connectivity index (χ2v) is 19.4. The Labute approximate surface area is 425 Å². The number of rotatable bonds is 14. The van der Waals surface area contributed by atoms with Crippen LogP contribution in [0.1, 0.15) is 109 Å². The van der Waals surface area contributed by atoms with Gasteiger partial charge in [0.15, 0.2) is 0 Å². The molecule has 2 aliphatic rings. The van der Waals surface area contributed by atoms with Crippen LogP contribution in [-0.2, 0) is 56.2 Å². The van der Waals surface area contributed by atoms with Crippen molar-refractivity contribution < 1.29 is 72.4 Å². The van der Waals surface area contributed by atoms with E-state index in [2.05, 4.69) is 25.7 Å². The highest BCUT2D eigenvalue weighted by atomic mass is 19.4. The molecule has 4 atom stereocenters. The molecule has 2 fully saturated rings. The lowest BCUT2D eigenvalue weighted by atomic mass is 9.64. The monoisotopic (exact) mass is 1090 g/mol. The van der Waals surface area contributed by atoms with Gasteiger partial charge in [0.05, 0.1) is 77.5 Å². The molecule has 1 aliphatic carbocycles. The summed E-state index contributed by atoms with van der Waals surface area (Å²) in [5.41, 5.74) is -8.84. The molecule has 1 saturated carbocycles. The van der Waals surface area contributed by atoms with Crippen LogP contribution in [0.5, 0.6) is 0 Å². The van der Waals surface area contributed by atoms with Crippen LogP contribution < -0.4 is 16.7 Å². The number of ether oxygens (including phenoxy) is 2. The van der Waals surface area contributed by atoms with Crippen LogP contribution in [-0.4, -0.2) is 72.7 Å². The van der Waals surface area contributed by atoms with Crippen LogP contribution in [0.15, 0.2) is 119 Å². The molecule has 412 valence electrons. The van der Waals surface area contributed by atoms with E-state index in [1.165, 1.54) is 35.6 Å². The molecule has 0 amide bonds. The molecule has 0 spiro atoms. The van der Waals surface area contributed by atoms with Gasteiger partial charge >= 0.3 is 36.1 Å². The van der Waals surface area contributed by atoms with Crippen molar-refractivity contribution in [3.63, 3.8) is 0 Å². The SMILES string of the molecule is C[C@@H](OCC1(c2ccccc2)CCC(CO)(n2cn[nH]c2=O)CC1)c1cc(C(F)(F)F)cc(C(F)(F)F)c1.C[C@@H](OC[C@@]1(c2ccccc2)CC[C@](CO)(n2cn[nH]c2=O)CN1)c1cc(C(F)(F)F)cc(C(F)(F)F)c1. The number of nitrogens with zero attached hydrogens (tertiary/aromatic N) is 4. The number of piperidine rings is 1. The van der Waals surface area contributed by atoms with Crippen LogP contribution in [0.4, 0.5) is 52.7 Å². The number of aliphatic hydroxyl groups is 2. The van der Waals surface area contributed by atoms with Gasteiger partial charge in [0.2, 0.25) is 0 Å². The largest absolute Gasteiger partial charge is 0.416 e. The second kappa shape index (κ2) is 22.0. The summed E-state index contributed by atoms with van der Waals surface area (Å²) in [6, 6.07) is 21.1. The Morgan fingerprint density at radius 2 is 0.921 bits per heavy atom. The molecule has 25 heteroatoms. The summed E-state index contributed by atoms with van der Waals surface area (Å²) in [6.07, 6.45) is -17.1. The first kappa shape index (κ1) is 57.4. The van der Waals surface area contributed by atoms with Crippen LogP contribution in [0, 0.1) is 0 Å². The highest BCUT2D eigenvalue weighted by Crippen LogP contribution is 2.48. The third kappa shape index (κ3) is 12.4. The second-order valence-electron chi connectivity index (χ2n) is 19.4. The molecule has 76 heavy (non-hydrogen) atoms. The van der Waals surface area contributed by atoms with Crippen molar-refractivity contribution in [2.24, 2.45) is 0 Å². The van der Waals surface area contributed by atoms with Crippen LogP contribution >= 0.6 is 0 Å². The standard InChI is InChI=1S/C26H27F6N3O3.C25H26F6N4O3/c1-17(18-11-20(25(27,28)29)13-21(12-18)26(30,31)32)38-15-23(19-5-3-2-4-6-19)7-9-24(14-36,10-8-23)35-16-33-34-22(35)37;1-16(17-9-19(24(26,27)28)11-20(10-17)25(29,30)31)38-14-23(18-5-3-2-4-6-18)8-7-22(13-36,12-32-23)35-15-33-34-21(35)37/h2-6,11-13,16-17,36H,7-10,14-15H2,1H3,(H,34,37);2-6,9-11,15-16,32,36H,7-8,12-14H2,1H3,(H,34,37)/t17-,23?,24?;16-,22+,23-/m11/s1. The molecule has 13 nitrogen and oxygen atoms in total. The van der Waals surface area contributed by atoms with Crippen LogP contribution in [0.2, 0.25) is 0 Å². The highest BCUT2D eigenvalue weighted by Gasteiger charge is 2.48. The maximum absolute atomic E-state index is 13.4. The van der Waals surface area contributed by atoms with Crippen molar-refractivity contribution in [1.29, 1.82) is 0 Å². The zero-order chi connectivity index (χ0) is 55.5. The van der Waals surface area contributed by atoms with E-state index in [-0.39, 0.29) is 56.2 Å². The van der Waals surface area contributed by atoms with Gasteiger partial charge in [0, 0.05) is 12.0 Å². The van der Waals surface area contributed by atoms with Crippen molar-refractivity contribution in [3.8, 4) is 0 Å². The molecule has 6 aromatic rings. The number of hydrogen-bond acceptors (Lipinski definition) is 9. The van der Waals surface area contributed by atoms with Gasteiger partial charge < -0.3 is 25.0 Å². The lowest BCUT2D eigenvalue weighted by Gasteiger charge is -2.47. The number of benzene rings is 4. The smallest absolute Gasteiger partial charge is 0.394 e. The molecule has 3 heterocycles. The average molecular weight is 1090 g/mol. The van der Waals surface area contributed by atoms with Crippen molar-refractivity contribution >= 4 is 0 Å². The fourth-order valence-electron chi connectivity index (χ4n) is 9.90. The first-order valence-corrected chi connectivity index (χ1v) is 23.7. The van der Waals surface area contributed by atoms with E-state index in [0.717, 1.165) is 11.1 Å². The van der Waals surface area contributed by atoms with Gasteiger partial charge in [-0.05, 0) is 111 Å². The number of hydrogen-bond donors (Lipinski definition) is 5. The number of aromatic nitrogens is 6. The molecule has 5 N–H and O–H groups in total. The predicted octanol–water partition coefficient (Wildman–Crippen LogP) is 9.94. The molecule has 0 unspecified atom stereocenters. The van der Waals surface area contributed by atoms with E-state index in [4.69, 9.17) is 9.47 Å². The van der Waals surface area contributed by atoms with Gasteiger partial charge in [-0.25, -0.2) is 19.8 Å². The minimum absolute atomic E-state index is 0.0115. The number of halogens is 12. The molecule has 2 aromatic heterocycles. The summed E-state index contributed by atoms with van der Waals surface area (Å²) < 4.78 is 175. The van der Waals surface area contributed by atoms with Gasteiger partial charge in [0.1, 0.15) is 12.7 Å². The summed E-state index contributed by atoms with van der Waals surface area (Å²) in [5.74, 6) is 0. The molecule has 8 rings (SSSR count). The fourth-order valence-corrected chi connectivity index (χ4v) is 9.90. The van der Waals surface area contributed by atoms with Gasteiger partial charge in [-0.2, -0.15) is 62.9 Å². The van der Waals surface area contributed by atoms with Gasteiger partial charge in [-0.15, -0.1) is 0 Å². The summed E-state index contributed by atoms with van der Waals surface area (Å²) >= 11 is 0. The van der Waals surface area contributed by atoms with Crippen molar-refractivity contribution in [1.82, 2.24) is 34.8 Å². The summed E-state index contributed by atoms with van der Waals surface area (Å²) in [6.45, 7) is 2.16. The van der Waals surface area contributed by atoms with Crippen LogP contribution in [0.25, 0.3) is 0 Å². The van der Waals surface area contributed by atoms with E-state index >= 15 is 0 Å². The molecular weight excluding hydrogens is 1030 g/mol. The Hall–Kier alpha value is -6.28. The molecule has 4 aromatic carbocycles. The number of H-pyrrole nitrogens is 2. The van der Waals surface area contributed by atoms with Crippen LogP contribution in [0.3, 0.4) is 0 Å². The maximum atomic E-state index is 13.4. The minimum atomic E-state index is -4.97. The van der Waals surface area contributed by atoms with Gasteiger partial charge in [-0.3, -0.25) is 9.13 Å². The lowest BCUT2D eigenvalue weighted by molar-refractivity contribution is -0.145. The van der Waals surface area contributed by atoms with Crippen molar-refractivity contribution in [3.05, 3.63) is 175 Å². The Bertz CT molecular complexity index is 2720. The van der Waals surface area contributed by atoms with E-state index < -0.39 is 92.6 Å². The first-order chi connectivity index (χ1) is 35.6. The normalized spacial score (nSPS) is 23.4. The van der Waals surface area contributed by atoms with E-state index in [1.807, 2.05) is 42.5 Å². The zero-order valence-electron chi connectivity index (χ0n) is 40.7. The Morgan fingerprint density at radius 1 is 0.539 bits per heavy atom. The first-order valence-electron chi connectivity index (χ1n) is 23.7. The summed E-state index contributed by atoms with van der Waals surface area (Å²) in [5, 5.41) is 35.8. The van der Waals surface area contributed by atoms with Crippen molar-refractivity contribution in [2.45, 2.75) is 111 Å². The predicted molar refractivity (Wildman–Crippen MR) is 249 cm³/mol. The van der Waals surface area contributed by atoms with Crippen molar-refractivity contribution in [2.75, 3.05) is 33.0 Å². The maximum Gasteiger partial charge on any atom is 0.416 e. The number of aromatic amines is 2. The number of alkyl halides is 12. The van der Waals surface area contributed by atoms with Gasteiger partial charge in [-0.1, -0.05) is 60.7 Å². The Kier molecular flexibility index (Phi) is 16.6. The van der Waals surface area contributed by atoms with E-state index in [0.29, 0.717) is 62.8 Å². The third-order valence-corrected chi connectivity index (χ3v) is 14.7. The summed E-state index contributed by atoms with van der Waals surface area (Å²) in [7, 11) is 0. The Morgan fingerprint density at radius 3 is 1.28 bits per heavy atom. The quantitative estimate of drug-likeness (QED) is 0.0666. The highest BCUT2D eigenvalue weighted by molar-refractivity contribution is 5.36. The number of nitrogens with one attached hydrogen (secondary N) is 3. The molecule has 1 saturated heterocycles. The van der Waals surface area contributed by atoms with E-state index in [1.54, 1.807) is 18.2 Å². The topological polar surface area (TPSA) is 172 Å². The molecule has 0 radical (unpaired) electrons. The lowest BCUT2D eigenvalue weighted by Crippen LogP contribution is -2.61. The molecular formula is C51H53F12N7O6. The zero-order valence-corrected chi connectivity index (χ0v) is 40.7.